The van der Waals surface area contributed by atoms with Gasteiger partial charge in [-0.3, -0.25) is 0 Å². The second-order valence-electron chi connectivity index (χ2n) is 6.69. The van der Waals surface area contributed by atoms with Crippen LogP contribution in [0.15, 0.2) is 36.4 Å². The number of hydrogen-bond donors (Lipinski definition) is 0. The third-order valence-electron chi connectivity index (χ3n) is 4.61. The molecule has 0 N–H and O–H groups in total. The van der Waals surface area contributed by atoms with Crippen molar-refractivity contribution in [3.63, 3.8) is 0 Å². The lowest BCUT2D eigenvalue weighted by Crippen LogP contribution is -2.08. The summed E-state index contributed by atoms with van der Waals surface area (Å²) in [7, 11) is 2.47. The van der Waals surface area contributed by atoms with Gasteiger partial charge in [-0.1, -0.05) is 56.2 Å². The molecule has 2 rings (SSSR count). The zero-order valence-corrected chi connectivity index (χ0v) is 20.5. The smallest absolute Gasteiger partial charge is 0.496 e. The average molecular weight is 463 g/mol. The highest BCUT2D eigenvalue weighted by Crippen LogP contribution is 2.42. The Bertz CT molecular complexity index is 807. The molecule has 7 nitrogen and oxygen atoms in total. The molecule has 0 aliphatic carbocycles. The Labute approximate surface area is 190 Å². The van der Waals surface area contributed by atoms with E-state index in [4.69, 9.17) is 18.9 Å². The van der Waals surface area contributed by atoms with Gasteiger partial charge in [-0.25, -0.2) is 9.59 Å². The fourth-order valence-electron chi connectivity index (χ4n) is 2.92. The van der Waals surface area contributed by atoms with Gasteiger partial charge in [0.05, 0.1) is 28.4 Å². The van der Waals surface area contributed by atoms with Gasteiger partial charge in [-0.2, -0.15) is 0 Å². The first kappa shape index (κ1) is 27.1. The normalized spacial score (nSPS) is 9.81. The number of methoxy groups -OCH3 is 4. The molecule has 0 saturated heterocycles. The van der Waals surface area contributed by atoms with Crippen LogP contribution in [0.25, 0.3) is 0 Å². The Kier molecular flexibility index (Phi) is 12.0. The van der Waals surface area contributed by atoms with Gasteiger partial charge in [0.15, 0.2) is 11.1 Å². The van der Waals surface area contributed by atoms with Crippen molar-refractivity contribution in [2.75, 3.05) is 28.4 Å². The Balaban J connectivity index is 0.000000751. The maximum atomic E-state index is 12.8. The van der Waals surface area contributed by atoms with Crippen LogP contribution in [0.4, 0.5) is 0 Å². The molecule has 0 aromatic heterocycles. The number of ether oxygens (including phenoxy) is 4. The van der Waals surface area contributed by atoms with Crippen molar-refractivity contribution in [1.29, 1.82) is 0 Å². The van der Waals surface area contributed by atoms with E-state index >= 15 is 0 Å². The van der Waals surface area contributed by atoms with Crippen LogP contribution in [0.3, 0.4) is 0 Å². The van der Waals surface area contributed by atoms with Crippen molar-refractivity contribution < 1.29 is 33.1 Å². The molecule has 0 spiro atoms. The predicted molar refractivity (Wildman–Crippen MR) is 125 cm³/mol. The van der Waals surface area contributed by atoms with Gasteiger partial charge in [0.1, 0.15) is 23.0 Å². The number of hydrogen-bond acceptors (Lipinski definition) is 7. The standard InChI is InChI=1S/C18H18O7P.C6H14/c1-22-11-7-5-8-12(23-2)15(11)17(19)26(21)18(20)16-13(24-3)9-6-10-14(16)25-4;1-3-5-6-4-2/h5-10H,1-4H3;3-6H2,1-2H3/q+1;. The third-order valence-corrected chi connectivity index (χ3v) is 5.79. The number of unbranched alkanes of at least 4 members (excludes halogenated alkanes) is 3. The summed E-state index contributed by atoms with van der Waals surface area (Å²) >= 11 is 0. The summed E-state index contributed by atoms with van der Waals surface area (Å²) in [5, 5.41) is 0. The van der Waals surface area contributed by atoms with E-state index in [1.807, 2.05) is 0 Å². The largest absolute Gasteiger partial charge is 0.502 e. The van der Waals surface area contributed by atoms with Crippen LogP contribution in [-0.4, -0.2) is 39.5 Å². The lowest BCUT2D eigenvalue weighted by atomic mass is 10.2. The summed E-state index contributed by atoms with van der Waals surface area (Å²) in [6.07, 6.45) is 5.54. The van der Waals surface area contributed by atoms with Crippen molar-refractivity contribution in [3.8, 4) is 23.0 Å². The van der Waals surface area contributed by atoms with E-state index in [1.165, 1.54) is 78.4 Å². The minimum absolute atomic E-state index is 0.0548. The molecule has 0 unspecified atom stereocenters. The second kappa shape index (κ2) is 14.2. The number of benzene rings is 2. The van der Waals surface area contributed by atoms with Gasteiger partial charge < -0.3 is 18.9 Å². The van der Waals surface area contributed by atoms with Crippen molar-refractivity contribution in [2.45, 2.75) is 39.5 Å². The molecule has 0 aliphatic heterocycles. The van der Waals surface area contributed by atoms with Crippen molar-refractivity contribution in [1.82, 2.24) is 0 Å². The van der Waals surface area contributed by atoms with Gasteiger partial charge >= 0.3 is 18.8 Å². The fourth-order valence-corrected chi connectivity index (χ4v) is 3.95. The monoisotopic (exact) mass is 463 g/mol. The van der Waals surface area contributed by atoms with Crippen LogP contribution in [0.2, 0.25) is 0 Å². The van der Waals surface area contributed by atoms with Gasteiger partial charge in [0.25, 0.3) is 0 Å². The SMILES string of the molecule is CCCCCC.COc1cccc(OC)c1C(=O)[P+](=O)C(=O)c1c(OC)cccc1OC. The predicted octanol–water partition coefficient (Wildman–Crippen LogP) is 6.12. The molecule has 0 aliphatic rings. The highest BCUT2D eigenvalue weighted by atomic mass is 31.1. The van der Waals surface area contributed by atoms with Crippen LogP contribution >= 0.6 is 7.80 Å². The number of rotatable bonds is 11. The zero-order valence-electron chi connectivity index (χ0n) is 19.6. The van der Waals surface area contributed by atoms with E-state index in [0.29, 0.717) is 0 Å². The molecule has 32 heavy (non-hydrogen) atoms. The van der Waals surface area contributed by atoms with Crippen LogP contribution in [0.1, 0.15) is 60.2 Å². The molecular formula is C24H32O7P+. The van der Waals surface area contributed by atoms with Crippen molar-refractivity contribution >= 4 is 18.8 Å². The first-order valence-electron chi connectivity index (χ1n) is 10.4. The summed E-state index contributed by atoms with van der Waals surface area (Å²) in [6.45, 7) is 4.46. The Morgan fingerprint density at radius 3 is 1.16 bits per heavy atom. The maximum Gasteiger partial charge on any atom is 0.502 e. The molecule has 0 atom stereocenters. The summed E-state index contributed by atoms with van der Waals surface area (Å²) in [5.41, 5.74) is -1.90. The first-order chi connectivity index (χ1) is 15.4. The van der Waals surface area contributed by atoms with Crippen LogP contribution in [0.5, 0.6) is 23.0 Å². The number of carbonyl (C=O) groups is 2. The molecule has 0 saturated carbocycles. The third kappa shape index (κ3) is 6.79. The molecule has 8 heteroatoms. The Hall–Kier alpha value is -2.92. The summed E-state index contributed by atoms with van der Waals surface area (Å²) in [6, 6.07) is 9.32. The van der Waals surface area contributed by atoms with Gasteiger partial charge in [0, 0.05) is 0 Å². The molecule has 0 radical (unpaired) electrons. The summed E-state index contributed by atoms with van der Waals surface area (Å²) < 4.78 is 33.3. The Morgan fingerprint density at radius 1 is 0.656 bits per heavy atom. The Morgan fingerprint density at radius 2 is 0.938 bits per heavy atom. The van der Waals surface area contributed by atoms with Crippen LogP contribution in [0, 0.1) is 0 Å². The quantitative estimate of drug-likeness (QED) is 0.293. The van der Waals surface area contributed by atoms with E-state index in [1.54, 1.807) is 12.1 Å². The molecule has 2 aromatic carbocycles. The summed E-state index contributed by atoms with van der Waals surface area (Å²) in [4.78, 5) is 25.5. The van der Waals surface area contributed by atoms with Gasteiger partial charge in [0.2, 0.25) is 0 Å². The van der Waals surface area contributed by atoms with E-state index in [-0.39, 0.29) is 34.1 Å². The molecule has 0 amide bonds. The van der Waals surface area contributed by atoms with E-state index in [9.17, 15) is 14.2 Å². The maximum absolute atomic E-state index is 12.8. The molecule has 2 aromatic rings. The minimum atomic E-state index is -2.99. The van der Waals surface area contributed by atoms with Gasteiger partial charge in [-0.05, 0) is 24.3 Å². The molecule has 0 bridgehead atoms. The average Bonchev–Trinajstić information content (AvgIpc) is 2.85. The molecule has 0 heterocycles. The van der Waals surface area contributed by atoms with Crippen LogP contribution in [-0.2, 0) is 4.57 Å². The lowest BCUT2D eigenvalue weighted by molar-refractivity contribution is 0.104. The van der Waals surface area contributed by atoms with E-state index in [2.05, 4.69) is 13.8 Å². The highest BCUT2D eigenvalue weighted by Gasteiger charge is 2.45. The van der Waals surface area contributed by atoms with E-state index in [0.717, 1.165) is 0 Å². The second-order valence-corrected chi connectivity index (χ2v) is 8.09. The minimum Gasteiger partial charge on any atom is -0.496 e. The molecule has 174 valence electrons. The van der Waals surface area contributed by atoms with Crippen molar-refractivity contribution in [3.05, 3.63) is 47.5 Å². The zero-order chi connectivity index (χ0) is 24.1. The van der Waals surface area contributed by atoms with Crippen LogP contribution < -0.4 is 18.9 Å². The van der Waals surface area contributed by atoms with Gasteiger partial charge in [-0.15, -0.1) is 0 Å². The molecular weight excluding hydrogens is 431 g/mol. The first-order valence-corrected chi connectivity index (χ1v) is 11.6. The highest BCUT2D eigenvalue weighted by molar-refractivity contribution is 7.80. The van der Waals surface area contributed by atoms with E-state index < -0.39 is 18.8 Å². The lowest BCUT2D eigenvalue weighted by Gasteiger charge is -2.09. The molecule has 0 fully saturated rings. The summed E-state index contributed by atoms with van der Waals surface area (Å²) in [5.74, 6) is 0.657. The van der Waals surface area contributed by atoms with Crippen molar-refractivity contribution in [2.24, 2.45) is 0 Å². The fraction of sp³-hybridized carbons (Fsp3) is 0.417. The number of carbonyl (C=O) groups excluding carboxylic acids is 2. The topological polar surface area (TPSA) is 88.1 Å².